The number of allylic oxidation sites excluding steroid dienone is 2. The largest absolute Gasteiger partial charge is 0.343 e. The van der Waals surface area contributed by atoms with Gasteiger partial charge in [-0.05, 0) is 29.5 Å². The predicted molar refractivity (Wildman–Crippen MR) is 96.1 cm³/mol. The molecule has 0 spiro atoms. The third-order valence-corrected chi connectivity index (χ3v) is 5.32. The molecule has 1 unspecified atom stereocenters. The summed E-state index contributed by atoms with van der Waals surface area (Å²) in [5.74, 6) is 0.452. The third kappa shape index (κ3) is 2.36. The van der Waals surface area contributed by atoms with Crippen LogP contribution in [0.2, 0.25) is 0 Å². The molecule has 1 aliphatic carbocycles. The second-order valence-electron chi connectivity index (χ2n) is 7.31. The quantitative estimate of drug-likeness (QED) is 0.698. The SMILES string of the molecule is CC1(C)CC(=O)C2=C(C1)Nc1[nH][nH]c(=O)c1C2c1ccc(Br)cc1. The van der Waals surface area contributed by atoms with Crippen LogP contribution >= 0.6 is 15.9 Å². The molecule has 2 aliphatic rings. The molecule has 5 nitrogen and oxygen atoms in total. The van der Waals surface area contributed by atoms with Crippen molar-refractivity contribution in [1.82, 2.24) is 10.2 Å². The number of carbonyl (C=O) groups is 1. The summed E-state index contributed by atoms with van der Waals surface area (Å²) < 4.78 is 0.966. The molecule has 1 aromatic carbocycles. The van der Waals surface area contributed by atoms with E-state index in [4.69, 9.17) is 0 Å². The number of carbonyl (C=O) groups excluding carboxylic acids is 1. The van der Waals surface area contributed by atoms with Gasteiger partial charge in [-0.1, -0.05) is 41.9 Å². The summed E-state index contributed by atoms with van der Waals surface area (Å²) in [7, 11) is 0. The first kappa shape index (κ1) is 15.4. The highest BCUT2D eigenvalue weighted by molar-refractivity contribution is 9.10. The number of benzene rings is 1. The first-order valence-corrected chi connectivity index (χ1v) is 8.74. The summed E-state index contributed by atoms with van der Waals surface area (Å²) in [6.45, 7) is 4.20. The molecular formula is C18H18BrN3O2. The van der Waals surface area contributed by atoms with Gasteiger partial charge in [-0.2, -0.15) is 0 Å². The molecule has 124 valence electrons. The molecule has 0 amide bonds. The van der Waals surface area contributed by atoms with Gasteiger partial charge in [0, 0.05) is 28.1 Å². The van der Waals surface area contributed by atoms with Crippen molar-refractivity contribution in [2.24, 2.45) is 5.41 Å². The van der Waals surface area contributed by atoms with Gasteiger partial charge in [-0.25, -0.2) is 0 Å². The number of aromatic amines is 2. The second-order valence-corrected chi connectivity index (χ2v) is 8.23. The van der Waals surface area contributed by atoms with Crippen LogP contribution in [0.25, 0.3) is 0 Å². The number of ketones is 1. The fourth-order valence-corrected chi connectivity index (χ4v) is 4.07. The van der Waals surface area contributed by atoms with Crippen LogP contribution in [0.15, 0.2) is 44.8 Å². The van der Waals surface area contributed by atoms with Crippen molar-refractivity contribution in [3.8, 4) is 0 Å². The molecule has 0 saturated carbocycles. The fraction of sp³-hybridized carbons (Fsp3) is 0.333. The van der Waals surface area contributed by atoms with Crippen LogP contribution in [0.4, 0.5) is 5.82 Å². The van der Waals surface area contributed by atoms with Crippen LogP contribution in [-0.2, 0) is 4.79 Å². The molecule has 2 heterocycles. The van der Waals surface area contributed by atoms with Gasteiger partial charge in [0.05, 0.1) is 5.56 Å². The number of H-pyrrole nitrogens is 2. The van der Waals surface area contributed by atoms with Gasteiger partial charge in [0.15, 0.2) is 5.78 Å². The summed E-state index contributed by atoms with van der Waals surface area (Å²) in [6, 6.07) is 7.81. The van der Waals surface area contributed by atoms with Crippen molar-refractivity contribution in [2.45, 2.75) is 32.6 Å². The number of fused-ring (bicyclic) bond motifs is 1. The first-order chi connectivity index (χ1) is 11.4. The zero-order valence-corrected chi connectivity index (χ0v) is 15.1. The summed E-state index contributed by atoms with van der Waals surface area (Å²) in [6.07, 6.45) is 1.28. The minimum Gasteiger partial charge on any atom is -0.343 e. The molecule has 6 heteroatoms. The molecule has 4 rings (SSSR count). The van der Waals surface area contributed by atoms with Gasteiger partial charge in [-0.15, -0.1) is 0 Å². The van der Waals surface area contributed by atoms with Gasteiger partial charge in [0.1, 0.15) is 5.82 Å². The number of Topliss-reactive ketones (excluding diaryl/α,β-unsaturated/α-hetero) is 1. The zero-order chi connectivity index (χ0) is 17.1. The van der Waals surface area contributed by atoms with Crippen LogP contribution in [0.5, 0.6) is 0 Å². The van der Waals surface area contributed by atoms with Crippen molar-refractivity contribution in [3.05, 3.63) is 61.5 Å². The molecule has 0 bridgehead atoms. The van der Waals surface area contributed by atoms with Gasteiger partial charge in [-0.3, -0.25) is 19.8 Å². The summed E-state index contributed by atoms with van der Waals surface area (Å²) in [5, 5.41) is 8.83. The lowest BCUT2D eigenvalue weighted by molar-refractivity contribution is -0.118. The molecule has 3 N–H and O–H groups in total. The van der Waals surface area contributed by atoms with Crippen molar-refractivity contribution in [1.29, 1.82) is 0 Å². The average molecular weight is 388 g/mol. The van der Waals surface area contributed by atoms with E-state index in [2.05, 4.69) is 45.3 Å². The molecule has 0 radical (unpaired) electrons. The lowest BCUT2D eigenvalue weighted by Crippen LogP contribution is -2.34. The van der Waals surface area contributed by atoms with E-state index < -0.39 is 0 Å². The van der Waals surface area contributed by atoms with Crippen LogP contribution in [-0.4, -0.2) is 16.0 Å². The Labute approximate surface area is 147 Å². The Morgan fingerprint density at radius 1 is 1.08 bits per heavy atom. The fourth-order valence-electron chi connectivity index (χ4n) is 3.81. The summed E-state index contributed by atoms with van der Waals surface area (Å²) in [4.78, 5) is 25.3. The number of nitrogens with one attached hydrogen (secondary N) is 3. The minimum absolute atomic E-state index is 0.0821. The predicted octanol–water partition coefficient (Wildman–Crippen LogP) is 3.67. The molecule has 1 aliphatic heterocycles. The van der Waals surface area contributed by atoms with E-state index in [1.165, 1.54) is 0 Å². The Hall–Kier alpha value is -2.08. The number of aromatic nitrogens is 2. The number of hydrogen-bond donors (Lipinski definition) is 3. The monoisotopic (exact) mass is 387 g/mol. The third-order valence-electron chi connectivity index (χ3n) is 4.79. The smallest absolute Gasteiger partial charge is 0.270 e. The number of halogens is 1. The van der Waals surface area contributed by atoms with Crippen LogP contribution in [0.3, 0.4) is 0 Å². The standard InChI is InChI=1S/C18H18BrN3O2/c1-18(2)7-11-14(12(23)8-18)13(9-3-5-10(19)6-4-9)15-16(20-11)21-22-17(15)24/h3-6,13H,7-8H2,1-2H3,(H3,20,21,22,24). The Morgan fingerprint density at radius 2 is 1.79 bits per heavy atom. The molecule has 24 heavy (non-hydrogen) atoms. The van der Waals surface area contributed by atoms with Crippen molar-refractivity contribution in [3.63, 3.8) is 0 Å². The molecule has 1 aromatic heterocycles. The maximum atomic E-state index is 12.9. The maximum Gasteiger partial charge on any atom is 0.270 e. The zero-order valence-electron chi connectivity index (χ0n) is 13.5. The van der Waals surface area contributed by atoms with Crippen LogP contribution in [0, 0.1) is 5.41 Å². The van der Waals surface area contributed by atoms with E-state index in [-0.39, 0.29) is 22.7 Å². The van der Waals surface area contributed by atoms with Gasteiger partial charge in [0.2, 0.25) is 0 Å². The number of anilines is 1. The Morgan fingerprint density at radius 3 is 2.50 bits per heavy atom. The van der Waals surface area contributed by atoms with E-state index in [0.29, 0.717) is 17.8 Å². The lowest BCUT2D eigenvalue weighted by atomic mass is 9.69. The van der Waals surface area contributed by atoms with E-state index in [1.807, 2.05) is 24.3 Å². The van der Waals surface area contributed by atoms with E-state index in [0.717, 1.165) is 27.7 Å². The van der Waals surface area contributed by atoms with E-state index in [1.54, 1.807) is 0 Å². The van der Waals surface area contributed by atoms with Crippen LogP contribution in [0.1, 0.15) is 43.7 Å². The number of rotatable bonds is 1. The Balaban J connectivity index is 1.94. The topological polar surface area (TPSA) is 77.8 Å². The Bertz CT molecular complexity index is 918. The molecule has 0 fully saturated rings. The minimum atomic E-state index is -0.331. The molecule has 1 atom stereocenters. The van der Waals surface area contributed by atoms with Gasteiger partial charge >= 0.3 is 0 Å². The summed E-state index contributed by atoms with van der Waals surface area (Å²) in [5.41, 5.74) is 2.92. The molecule has 0 saturated heterocycles. The van der Waals surface area contributed by atoms with Crippen molar-refractivity contribution >= 4 is 27.5 Å². The highest BCUT2D eigenvalue weighted by atomic mass is 79.9. The van der Waals surface area contributed by atoms with Crippen LogP contribution < -0.4 is 10.9 Å². The molecular weight excluding hydrogens is 370 g/mol. The normalized spacial score (nSPS) is 22.0. The van der Waals surface area contributed by atoms with Crippen molar-refractivity contribution < 1.29 is 4.79 Å². The maximum absolute atomic E-state index is 12.9. The van der Waals surface area contributed by atoms with Gasteiger partial charge in [0.25, 0.3) is 5.56 Å². The molecule has 2 aromatic rings. The first-order valence-electron chi connectivity index (χ1n) is 7.95. The average Bonchev–Trinajstić information content (AvgIpc) is 2.86. The summed E-state index contributed by atoms with van der Waals surface area (Å²) >= 11 is 3.44. The number of hydrogen-bond acceptors (Lipinski definition) is 3. The lowest BCUT2D eigenvalue weighted by Gasteiger charge is -2.37. The highest BCUT2D eigenvalue weighted by Crippen LogP contribution is 2.47. The van der Waals surface area contributed by atoms with E-state index in [9.17, 15) is 9.59 Å². The highest BCUT2D eigenvalue weighted by Gasteiger charge is 2.42. The van der Waals surface area contributed by atoms with E-state index >= 15 is 0 Å². The van der Waals surface area contributed by atoms with Crippen molar-refractivity contribution in [2.75, 3.05) is 5.32 Å². The van der Waals surface area contributed by atoms with Gasteiger partial charge < -0.3 is 5.32 Å². The second kappa shape index (κ2) is 5.21. The Kier molecular flexibility index (Phi) is 3.35.